The van der Waals surface area contributed by atoms with E-state index in [0.717, 1.165) is 44.7 Å². The van der Waals surface area contributed by atoms with Crippen molar-refractivity contribution in [3.8, 4) is 0 Å². The SMILES string of the molecule is CC1CCCC(CCNCCN2CCOCC2)C1. The Labute approximate surface area is 112 Å². The summed E-state index contributed by atoms with van der Waals surface area (Å²) in [5.74, 6) is 1.96. The number of hydrogen-bond acceptors (Lipinski definition) is 3. The van der Waals surface area contributed by atoms with Crippen LogP contribution in [0.25, 0.3) is 0 Å². The molecule has 1 saturated carbocycles. The smallest absolute Gasteiger partial charge is 0.0594 e. The van der Waals surface area contributed by atoms with Gasteiger partial charge >= 0.3 is 0 Å². The third kappa shape index (κ3) is 5.25. The molecule has 0 aromatic rings. The minimum atomic E-state index is 0.917. The number of ether oxygens (including phenoxy) is 1. The maximum Gasteiger partial charge on any atom is 0.0594 e. The second-order valence-corrected chi connectivity index (χ2v) is 6.13. The zero-order valence-electron chi connectivity index (χ0n) is 12.0. The van der Waals surface area contributed by atoms with E-state index in [1.54, 1.807) is 0 Å². The molecular formula is C15H30N2O. The molecule has 3 heteroatoms. The van der Waals surface area contributed by atoms with E-state index in [0.29, 0.717) is 0 Å². The molecule has 2 aliphatic rings. The number of hydrogen-bond donors (Lipinski definition) is 1. The number of morpholine rings is 1. The van der Waals surface area contributed by atoms with Gasteiger partial charge in [0.15, 0.2) is 0 Å². The summed E-state index contributed by atoms with van der Waals surface area (Å²) < 4.78 is 5.35. The lowest BCUT2D eigenvalue weighted by molar-refractivity contribution is 0.0384. The highest BCUT2D eigenvalue weighted by atomic mass is 16.5. The Morgan fingerprint density at radius 3 is 2.78 bits per heavy atom. The van der Waals surface area contributed by atoms with Crippen LogP contribution in [0, 0.1) is 11.8 Å². The van der Waals surface area contributed by atoms with E-state index in [-0.39, 0.29) is 0 Å². The standard InChI is InChI=1S/C15H30N2O/c1-14-3-2-4-15(13-14)5-6-16-7-8-17-9-11-18-12-10-17/h14-16H,2-13H2,1H3. The van der Waals surface area contributed by atoms with Crippen molar-refractivity contribution in [2.24, 2.45) is 11.8 Å². The average molecular weight is 254 g/mol. The highest BCUT2D eigenvalue weighted by Crippen LogP contribution is 2.30. The first-order valence-electron chi connectivity index (χ1n) is 7.85. The predicted octanol–water partition coefficient (Wildman–Crippen LogP) is 2.12. The van der Waals surface area contributed by atoms with E-state index in [1.807, 2.05) is 0 Å². The molecule has 0 aromatic heterocycles. The van der Waals surface area contributed by atoms with Crippen LogP contribution in [0.15, 0.2) is 0 Å². The van der Waals surface area contributed by atoms with Gasteiger partial charge in [-0.25, -0.2) is 0 Å². The van der Waals surface area contributed by atoms with Gasteiger partial charge in [0.1, 0.15) is 0 Å². The summed E-state index contributed by atoms with van der Waals surface area (Å²) in [5.41, 5.74) is 0. The summed E-state index contributed by atoms with van der Waals surface area (Å²) in [6, 6.07) is 0. The van der Waals surface area contributed by atoms with Crippen LogP contribution in [0.3, 0.4) is 0 Å². The van der Waals surface area contributed by atoms with Gasteiger partial charge in [-0.2, -0.15) is 0 Å². The van der Waals surface area contributed by atoms with Crippen molar-refractivity contribution in [3.05, 3.63) is 0 Å². The molecule has 2 fully saturated rings. The van der Waals surface area contributed by atoms with Crippen molar-refractivity contribution in [2.75, 3.05) is 45.9 Å². The largest absolute Gasteiger partial charge is 0.379 e. The Morgan fingerprint density at radius 2 is 2.00 bits per heavy atom. The molecule has 1 aliphatic carbocycles. The fourth-order valence-electron chi connectivity index (χ4n) is 3.32. The van der Waals surface area contributed by atoms with Gasteiger partial charge in [0.2, 0.25) is 0 Å². The lowest BCUT2D eigenvalue weighted by Crippen LogP contribution is -2.40. The topological polar surface area (TPSA) is 24.5 Å². The molecule has 106 valence electrons. The van der Waals surface area contributed by atoms with Crippen LogP contribution in [0.4, 0.5) is 0 Å². The third-order valence-corrected chi connectivity index (χ3v) is 4.48. The number of nitrogens with one attached hydrogen (secondary N) is 1. The van der Waals surface area contributed by atoms with E-state index in [2.05, 4.69) is 17.1 Å². The normalized spacial score (nSPS) is 30.5. The second kappa shape index (κ2) is 8.13. The van der Waals surface area contributed by atoms with Gasteiger partial charge in [-0.1, -0.05) is 26.2 Å². The number of rotatable bonds is 6. The second-order valence-electron chi connectivity index (χ2n) is 6.13. The zero-order chi connectivity index (χ0) is 12.6. The van der Waals surface area contributed by atoms with Crippen molar-refractivity contribution < 1.29 is 4.74 Å². The quantitative estimate of drug-likeness (QED) is 0.735. The highest BCUT2D eigenvalue weighted by molar-refractivity contribution is 4.71. The van der Waals surface area contributed by atoms with Crippen molar-refractivity contribution in [3.63, 3.8) is 0 Å². The molecule has 2 unspecified atom stereocenters. The van der Waals surface area contributed by atoms with Crippen molar-refractivity contribution in [1.82, 2.24) is 10.2 Å². The summed E-state index contributed by atoms with van der Waals surface area (Å²) >= 11 is 0. The van der Waals surface area contributed by atoms with Gasteiger partial charge in [0.05, 0.1) is 13.2 Å². The Kier molecular flexibility index (Phi) is 6.46. The predicted molar refractivity (Wildman–Crippen MR) is 75.9 cm³/mol. The lowest BCUT2D eigenvalue weighted by Gasteiger charge is -2.28. The van der Waals surface area contributed by atoms with Crippen molar-refractivity contribution in [1.29, 1.82) is 0 Å². The van der Waals surface area contributed by atoms with E-state index in [1.165, 1.54) is 45.2 Å². The Morgan fingerprint density at radius 1 is 1.17 bits per heavy atom. The van der Waals surface area contributed by atoms with Gasteiger partial charge in [-0.15, -0.1) is 0 Å². The van der Waals surface area contributed by atoms with E-state index < -0.39 is 0 Å². The van der Waals surface area contributed by atoms with Crippen LogP contribution >= 0.6 is 0 Å². The maximum atomic E-state index is 5.35. The molecule has 0 radical (unpaired) electrons. The molecule has 2 rings (SSSR count). The molecule has 1 aliphatic heterocycles. The van der Waals surface area contributed by atoms with Crippen LogP contribution < -0.4 is 5.32 Å². The van der Waals surface area contributed by atoms with Crippen LogP contribution in [0.1, 0.15) is 39.0 Å². The van der Waals surface area contributed by atoms with Gasteiger partial charge in [-0.3, -0.25) is 4.90 Å². The first kappa shape index (κ1) is 14.3. The van der Waals surface area contributed by atoms with Crippen LogP contribution in [-0.2, 0) is 4.74 Å². The Balaban J connectivity index is 1.45. The minimum Gasteiger partial charge on any atom is -0.379 e. The van der Waals surface area contributed by atoms with Gasteiger partial charge < -0.3 is 10.1 Å². The zero-order valence-corrected chi connectivity index (χ0v) is 12.0. The monoisotopic (exact) mass is 254 g/mol. The molecule has 1 saturated heterocycles. The number of nitrogens with zero attached hydrogens (tertiary/aromatic N) is 1. The van der Waals surface area contributed by atoms with Crippen LogP contribution in [-0.4, -0.2) is 50.8 Å². The molecule has 2 atom stereocenters. The summed E-state index contributed by atoms with van der Waals surface area (Å²) in [6.07, 6.45) is 7.23. The Bertz CT molecular complexity index is 217. The van der Waals surface area contributed by atoms with Gasteiger partial charge in [-0.05, 0) is 31.2 Å². The maximum absolute atomic E-state index is 5.35. The molecule has 0 bridgehead atoms. The van der Waals surface area contributed by atoms with Gasteiger partial charge in [0, 0.05) is 26.2 Å². The van der Waals surface area contributed by atoms with Crippen LogP contribution in [0.5, 0.6) is 0 Å². The highest BCUT2D eigenvalue weighted by Gasteiger charge is 2.18. The molecule has 1 heterocycles. The van der Waals surface area contributed by atoms with Crippen molar-refractivity contribution in [2.45, 2.75) is 39.0 Å². The van der Waals surface area contributed by atoms with Gasteiger partial charge in [0.25, 0.3) is 0 Å². The fraction of sp³-hybridized carbons (Fsp3) is 1.00. The summed E-state index contributed by atoms with van der Waals surface area (Å²) in [5, 5.41) is 3.61. The fourth-order valence-corrected chi connectivity index (χ4v) is 3.32. The molecule has 3 nitrogen and oxygen atoms in total. The molecule has 0 amide bonds. The summed E-state index contributed by atoms with van der Waals surface area (Å²) in [6.45, 7) is 10.0. The summed E-state index contributed by atoms with van der Waals surface area (Å²) in [7, 11) is 0. The first-order valence-corrected chi connectivity index (χ1v) is 7.85. The molecule has 18 heavy (non-hydrogen) atoms. The third-order valence-electron chi connectivity index (χ3n) is 4.48. The van der Waals surface area contributed by atoms with E-state index >= 15 is 0 Å². The van der Waals surface area contributed by atoms with Crippen LogP contribution in [0.2, 0.25) is 0 Å². The molecular weight excluding hydrogens is 224 g/mol. The lowest BCUT2D eigenvalue weighted by atomic mass is 9.81. The van der Waals surface area contributed by atoms with E-state index in [4.69, 9.17) is 4.74 Å². The molecule has 1 N–H and O–H groups in total. The average Bonchev–Trinajstić information content (AvgIpc) is 2.40. The minimum absolute atomic E-state index is 0.917. The summed E-state index contributed by atoms with van der Waals surface area (Å²) in [4.78, 5) is 2.50. The molecule has 0 spiro atoms. The Hall–Kier alpha value is -0.120. The van der Waals surface area contributed by atoms with E-state index in [9.17, 15) is 0 Å². The molecule has 0 aromatic carbocycles. The first-order chi connectivity index (χ1) is 8.84. The van der Waals surface area contributed by atoms with Crippen molar-refractivity contribution >= 4 is 0 Å².